The van der Waals surface area contributed by atoms with Gasteiger partial charge >= 0.3 is 19.4 Å². The molecule has 3 aromatic rings. The minimum absolute atomic E-state index is 0.0868. The number of nitrogens with zero attached hydrogens (tertiary/aromatic N) is 1. The van der Waals surface area contributed by atoms with E-state index >= 15 is 4.39 Å². The van der Waals surface area contributed by atoms with Crippen LogP contribution >= 0.6 is 7.75 Å². The van der Waals surface area contributed by atoms with E-state index in [9.17, 15) is 34.0 Å². The summed E-state index contributed by atoms with van der Waals surface area (Å²) >= 11 is 0. The Morgan fingerprint density at radius 1 is 1.16 bits per heavy atom. The number of carbonyl (C=O) groups is 2. The molecule has 0 bridgehead atoms. The first kappa shape index (κ1) is 31.2. The molecule has 0 saturated carbocycles. The Bertz CT molecular complexity index is 1720. The van der Waals surface area contributed by atoms with Crippen LogP contribution in [-0.4, -0.2) is 49.3 Å². The van der Waals surface area contributed by atoms with Gasteiger partial charge in [-0.1, -0.05) is 36.4 Å². The van der Waals surface area contributed by atoms with Crippen molar-refractivity contribution in [1.82, 2.24) is 14.6 Å². The van der Waals surface area contributed by atoms with Gasteiger partial charge in [0, 0.05) is 17.8 Å². The Kier molecular flexibility index (Phi) is 9.14. The molecular formula is C28H27FN3O10P. The number of ketones is 1. The standard InChI is InChI=1S/C28H27FN3O10P/c1-17(25(36)37)31-43(39,42-20-11-9-19(10-12-20)21(33)13-8-18-6-4-3-5-7-18)40-16-22-24(35)28(2,29)26(41-22)32-15-14-23(34)30-27(32)38/h3-17,24,26,35H,1-2H3,(H,31,39)(H,36,37)(H,30,34,38)/b13-8+,22-16+/t17-,24+,26+,28+,43?/m0/s1. The minimum Gasteiger partial charge on any atom is -0.480 e. The molecule has 226 valence electrons. The number of aromatic nitrogens is 2. The van der Waals surface area contributed by atoms with Crippen molar-refractivity contribution in [2.24, 2.45) is 0 Å². The van der Waals surface area contributed by atoms with Crippen LogP contribution < -0.4 is 20.9 Å². The van der Waals surface area contributed by atoms with Crippen molar-refractivity contribution in [1.29, 1.82) is 0 Å². The second-order valence-corrected chi connectivity index (χ2v) is 11.2. The van der Waals surface area contributed by atoms with Crippen molar-refractivity contribution >= 4 is 25.6 Å². The Labute approximate surface area is 243 Å². The van der Waals surface area contributed by atoms with E-state index in [1.165, 1.54) is 30.3 Å². The van der Waals surface area contributed by atoms with Gasteiger partial charge in [-0.25, -0.2) is 13.8 Å². The van der Waals surface area contributed by atoms with E-state index in [-0.39, 0.29) is 17.1 Å². The fourth-order valence-corrected chi connectivity index (χ4v) is 5.28. The van der Waals surface area contributed by atoms with Gasteiger partial charge in [-0.15, -0.1) is 0 Å². The Hall–Kier alpha value is -4.78. The second-order valence-electron chi connectivity index (χ2n) is 9.58. The van der Waals surface area contributed by atoms with Crippen molar-refractivity contribution in [3.05, 3.63) is 117 Å². The molecule has 43 heavy (non-hydrogen) atoms. The van der Waals surface area contributed by atoms with Gasteiger partial charge in [0.05, 0.1) is 0 Å². The van der Waals surface area contributed by atoms with E-state index in [2.05, 4.69) is 5.09 Å². The molecule has 5 atom stereocenters. The van der Waals surface area contributed by atoms with Gasteiger partial charge in [0.15, 0.2) is 23.3 Å². The first-order valence-corrected chi connectivity index (χ1v) is 14.2. The van der Waals surface area contributed by atoms with Crippen molar-refractivity contribution < 1.29 is 42.5 Å². The third kappa shape index (κ3) is 7.36. The second kappa shape index (κ2) is 12.6. The van der Waals surface area contributed by atoms with E-state index in [4.69, 9.17) is 13.8 Å². The first-order valence-electron chi connectivity index (χ1n) is 12.7. The lowest BCUT2D eigenvalue weighted by atomic mass is 10.0. The van der Waals surface area contributed by atoms with E-state index in [0.717, 1.165) is 31.7 Å². The number of alkyl halides is 1. The molecule has 0 spiro atoms. The first-order chi connectivity index (χ1) is 20.3. The minimum atomic E-state index is -4.61. The Morgan fingerprint density at radius 2 is 1.84 bits per heavy atom. The average Bonchev–Trinajstić information content (AvgIpc) is 3.19. The molecule has 1 aliphatic heterocycles. The molecule has 0 amide bonds. The zero-order chi connectivity index (χ0) is 31.4. The third-order valence-electron chi connectivity index (χ3n) is 6.26. The maximum Gasteiger partial charge on any atom is 0.513 e. The molecule has 1 fully saturated rings. The van der Waals surface area contributed by atoms with Gasteiger partial charge in [-0.2, -0.15) is 5.09 Å². The molecule has 13 nitrogen and oxygen atoms in total. The fourth-order valence-electron chi connectivity index (χ4n) is 3.90. The van der Waals surface area contributed by atoms with Gasteiger partial charge in [-0.3, -0.25) is 23.9 Å². The van der Waals surface area contributed by atoms with E-state index in [0.29, 0.717) is 10.8 Å². The maximum absolute atomic E-state index is 15.5. The lowest BCUT2D eigenvalue weighted by molar-refractivity contribution is -0.138. The number of rotatable bonds is 11. The van der Waals surface area contributed by atoms with Crippen molar-refractivity contribution in [2.45, 2.75) is 37.9 Å². The number of carbonyl (C=O) groups excluding carboxylic acids is 1. The summed E-state index contributed by atoms with van der Waals surface area (Å²) in [6.45, 7) is 2.09. The Morgan fingerprint density at radius 3 is 2.47 bits per heavy atom. The molecule has 1 unspecified atom stereocenters. The zero-order valence-corrected chi connectivity index (χ0v) is 23.6. The molecule has 0 radical (unpaired) electrons. The summed E-state index contributed by atoms with van der Waals surface area (Å²) in [5.41, 5.74) is -3.28. The molecule has 1 aromatic heterocycles. The number of benzene rings is 2. The number of hydrogen-bond acceptors (Lipinski definition) is 9. The van der Waals surface area contributed by atoms with Crippen LogP contribution in [0.4, 0.5) is 4.39 Å². The normalized spacial score (nSPS) is 22.9. The SMILES string of the molecule is C[C@H](NP(=O)(O/C=C1/O[C@@H](n2ccc(=O)[nH]c2=O)[C@](C)(F)[C@@H]1O)Oc1ccc(C(=O)/C=C/c2ccccc2)cc1)C(=O)O. The summed E-state index contributed by atoms with van der Waals surface area (Å²) in [5, 5.41) is 22.0. The molecule has 1 saturated heterocycles. The number of nitrogens with one attached hydrogen (secondary N) is 2. The van der Waals surface area contributed by atoms with Crippen LogP contribution in [-0.2, 0) is 18.6 Å². The number of allylic oxidation sites excluding steroid dienone is 1. The predicted octanol–water partition coefficient (Wildman–Crippen LogP) is 3.16. The van der Waals surface area contributed by atoms with Gasteiger partial charge < -0.3 is 24.0 Å². The number of carboxylic acids is 1. The van der Waals surface area contributed by atoms with Crippen molar-refractivity contribution in [3.8, 4) is 5.75 Å². The molecular weight excluding hydrogens is 588 g/mol. The highest BCUT2D eigenvalue weighted by Gasteiger charge is 2.54. The van der Waals surface area contributed by atoms with Crippen LogP contribution in [0.25, 0.3) is 6.08 Å². The van der Waals surface area contributed by atoms with Crippen LogP contribution in [0.1, 0.15) is 36.0 Å². The van der Waals surface area contributed by atoms with Crippen LogP contribution in [0.3, 0.4) is 0 Å². The average molecular weight is 616 g/mol. The highest BCUT2D eigenvalue weighted by molar-refractivity contribution is 7.52. The number of hydrogen-bond donors (Lipinski definition) is 4. The number of aliphatic carboxylic acids is 1. The van der Waals surface area contributed by atoms with E-state index in [1.807, 2.05) is 35.3 Å². The highest BCUT2D eigenvalue weighted by Crippen LogP contribution is 2.48. The molecule has 1 aliphatic rings. The number of halogens is 1. The number of aliphatic hydroxyl groups is 1. The van der Waals surface area contributed by atoms with Crippen LogP contribution in [0.2, 0.25) is 0 Å². The quantitative estimate of drug-likeness (QED) is 0.107. The number of H-pyrrole nitrogens is 1. The third-order valence-corrected chi connectivity index (χ3v) is 7.80. The van der Waals surface area contributed by atoms with E-state index in [1.54, 1.807) is 6.08 Å². The summed E-state index contributed by atoms with van der Waals surface area (Å²) in [4.78, 5) is 49.5. The fraction of sp³-hybridized carbons (Fsp3) is 0.214. The largest absolute Gasteiger partial charge is 0.513 e. The van der Waals surface area contributed by atoms with Crippen molar-refractivity contribution in [2.75, 3.05) is 0 Å². The van der Waals surface area contributed by atoms with Crippen LogP contribution in [0.5, 0.6) is 5.75 Å². The number of carboxylic acid groups (broad SMARTS) is 1. The van der Waals surface area contributed by atoms with Crippen molar-refractivity contribution in [3.63, 3.8) is 0 Å². The van der Waals surface area contributed by atoms with Gasteiger partial charge in [0.1, 0.15) is 18.1 Å². The van der Waals surface area contributed by atoms with Crippen LogP contribution in [0, 0.1) is 0 Å². The predicted molar refractivity (Wildman–Crippen MR) is 151 cm³/mol. The van der Waals surface area contributed by atoms with E-state index < -0.39 is 54.8 Å². The summed E-state index contributed by atoms with van der Waals surface area (Å²) < 4.78 is 45.8. The summed E-state index contributed by atoms with van der Waals surface area (Å²) in [7, 11) is -4.61. The monoisotopic (exact) mass is 615 g/mol. The topological polar surface area (TPSA) is 186 Å². The van der Waals surface area contributed by atoms with Crippen LogP contribution in [0.15, 0.2) is 94.5 Å². The molecule has 4 rings (SSSR count). The van der Waals surface area contributed by atoms with Gasteiger partial charge in [0.25, 0.3) is 5.56 Å². The zero-order valence-electron chi connectivity index (χ0n) is 22.7. The molecule has 0 aliphatic carbocycles. The summed E-state index contributed by atoms with van der Waals surface area (Å²) in [5.74, 6) is -2.42. The lowest BCUT2D eigenvalue weighted by Gasteiger charge is -2.23. The maximum atomic E-state index is 15.5. The summed E-state index contributed by atoms with van der Waals surface area (Å²) in [6, 6.07) is 14.0. The summed E-state index contributed by atoms with van der Waals surface area (Å²) in [6.07, 6.45) is 0.773. The van der Waals surface area contributed by atoms with Gasteiger partial charge in [0.2, 0.25) is 6.23 Å². The molecule has 4 N–H and O–H groups in total. The molecule has 15 heteroatoms. The smallest absolute Gasteiger partial charge is 0.480 e. The molecule has 2 heterocycles. The number of ether oxygens (including phenoxy) is 1. The number of aromatic amines is 1. The highest BCUT2D eigenvalue weighted by atomic mass is 31.2. The molecule has 2 aromatic carbocycles. The lowest BCUT2D eigenvalue weighted by Crippen LogP contribution is -2.42. The Balaban J connectivity index is 1.54. The number of aliphatic hydroxyl groups excluding tert-OH is 1. The van der Waals surface area contributed by atoms with Gasteiger partial charge in [-0.05, 0) is 49.8 Å².